The first kappa shape index (κ1) is 13.9. The SMILES string of the molecule is CCCCOC(=O)C(CCC)CC(=O)O. The average Bonchev–Trinajstić information content (AvgIpc) is 2.17. The van der Waals surface area contributed by atoms with Gasteiger partial charge in [-0.3, -0.25) is 9.59 Å². The molecule has 0 heterocycles. The van der Waals surface area contributed by atoms with Crippen LogP contribution in [-0.4, -0.2) is 23.7 Å². The monoisotopic (exact) mass is 216 g/mol. The van der Waals surface area contributed by atoms with Gasteiger partial charge >= 0.3 is 11.9 Å². The molecule has 0 saturated heterocycles. The quantitative estimate of drug-likeness (QED) is 0.499. The Labute approximate surface area is 90.6 Å². The second-order valence-electron chi connectivity index (χ2n) is 3.60. The fourth-order valence-corrected chi connectivity index (χ4v) is 1.30. The van der Waals surface area contributed by atoms with Gasteiger partial charge in [-0.1, -0.05) is 26.7 Å². The highest BCUT2D eigenvalue weighted by Crippen LogP contribution is 2.13. The van der Waals surface area contributed by atoms with Gasteiger partial charge in [-0.05, 0) is 12.8 Å². The van der Waals surface area contributed by atoms with Gasteiger partial charge in [0.1, 0.15) is 0 Å². The fourth-order valence-electron chi connectivity index (χ4n) is 1.30. The van der Waals surface area contributed by atoms with E-state index in [9.17, 15) is 9.59 Å². The lowest BCUT2D eigenvalue weighted by Crippen LogP contribution is -2.21. The molecule has 1 N–H and O–H groups in total. The molecule has 0 aromatic heterocycles. The summed E-state index contributed by atoms with van der Waals surface area (Å²) in [6.07, 6.45) is 3.04. The van der Waals surface area contributed by atoms with Crippen molar-refractivity contribution in [3.63, 3.8) is 0 Å². The maximum atomic E-state index is 11.5. The minimum Gasteiger partial charge on any atom is -0.481 e. The molecule has 0 spiro atoms. The number of esters is 1. The lowest BCUT2D eigenvalue weighted by atomic mass is 10.0. The second-order valence-corrected chi connectivity index (χ2v) is 3.60. The molecule has 1 atom stereocenters. The summed E-state index contributed by atoms with van der Waals surface area (Å²) in [5.74, 6) is -1.79. The molecule has 15 heavy (non-hydrogen) atoms. The molecule has 1 unspecified atom stereocenters. The third kappa shape index (κ3) is 6.94. The number of ether oxygens (including phenoxy) is 1. The van der Waals surface area contributed by atoms with Gasteiger partial charge in [0, 0.05) is 0 Å². The predicted molar refractivity (Wildman–Crippen MR) is 56.5 cm³/mol. The third-order valence-corrected chi connectivity index (χ3v) is 2.13. The van der Waals surface area contributed by atoms with Gasteiger partial charge in [0.15, 0.2) is 0 Å². The second kappa shape index (κ2) is 8.26. The highest BCUT2D eigenvalue weighted by Gasteiger charge is 2.21. The molecule has 0 saturated carbocycles. The number of carboxylic acids is 1. The van der Waals surface area contributed by atoms with E-state index in [-0.39, 0.29) is 12.4 Å². The number of aliphatic carboxylic acids is 1. The summed E-state index contributed by atoms with van der Waals surface area (Å²) in [5, 5.41) is 8.62. The molecule has 0 rings (SSSR count). The van der Waals surface area contributed by atoms with Crippen LogP contribution in [0.3, 0.4) is 0 Å². The van der Waals surface area contributed by atoms with Crippen LogP contribution in [0, 0.1) is 5.92 Å². The Morgan fingerprint density at radius 2 is 1.93 bits per heavy atom. The molecule has 88 valence electrons. The molecule has 0 fully saturated rings. The molecule has 4 heteroatoms. The summed E-state index contributed by atoms with van der Waals surface area (Å²) in [6, 6.07) is 0. The van der Waals surface area contributed by atoms with E-state index in [2.05, 4.69) is 0 Å². The van der Waals surface area contributed by atoms with Gasteiger partial charge in [0.2, 0.25) is 0 Å². The van der Waals surface area contributed by atoms with Crippen LogP contribution in [0.1, 0.15) is 46.0 Å². The van der Waals surface area contributed by atoms with Gasteiger partial charge < -0.3 is 9.84 Å². The number of hydrogen-bond acceptors (Lipinski definition) is 3. The normalized spacial score (nSPS) is 12.1. The maximum Gasteiger partial charge on any atom is 0.309 e. The molecular weight excluding hydrogens is 196 g/mol. The molecule has 0 aromatic carbocycles. The van der Waals surface area contributed by atoms with Gasteiger partial charge in [0.25, 0.3) is 0 Å². The van der Waals surface area contributed by atoms with E-state index in [1.54, 1.807) is 0 Å². The highest BCUT2D eigenvalue weighted by atomic mass is 16.5. The van der Waals surface area contributed by atoms with Crippen molar-refractivity contribution in [1.82, 2.24) is 0 Å². The summed E-state index contributed by atoms with van der Waals surface area (Å²) in [4.78, 5) is 22.0. The number of carboxylic acid groups (broad SMARTS) is 1. The molecule has 0 aliphatic heterocycles. The van der Waals surface area contributed by atoms with E-state index in [0.29, 0.717) is 13.0 Å². The highest BCUT2D eigenvalue weighted by molar-refractivity contribution is 5.78. The van der Waals surface area contributed by atoms with Gasteiger partial charge in [-0.2, -0.15) is 0 Å². The van der Waals surface area contributed by atoms with E-state index in [1.165, 1.54) is 0 Å². The topological polar surface area (TPSA) is 63.6 Å². The minimum absolute atomic E-state index is 0.126. The number of unbranched alkanes of at least 4 members (excludes halogenated alkanes) is 1. The molecule has 0 aromatic rings. The maximum absolute atomic E-state index is 11.5. The van der Waals surface area contributed by atoms with E-state index < -0.39 is 11.9 Å². The Balaban J connectivity index is 3.98. The Morgan fingerprint density at radius 3 is 2.40 bits per heavy atom. The Bertz CT molecular complexity index is 201. The van der Waals surface area contributed by atoms with E-state index >= 15 is 0 Å². The zero-order valence-electron chi connectivity index (χ0n) is 9.49. The van der Waals surface area contributed by atoms with Crippen LogP contribution in [0.5, 0.6) is 0 Å². The fraction of sp³-hybridized carbons (Fsp3) is 0.818. The lowest BCUT2D eigenvalue weighted by molar-refractivity contribution is -0.153. The summed E-state index contributed by atoms with van der Waals surface area (Å²) < 4.78 is 5.00. The van der Waals surface area contributed by atoms with Crippen LogP contribution in [0.15, 0.2) is 0 Å². The molecule has 0 amide bonds. The molecular formula is C11H20O4. The van der Waals surface area contributed by atoms with Crippen LogP contribution in [0.4, 0.5) is 0 Å². The van der Waals surface area contributed by atoms with Crippen LogP contribution in [0.25, 0.3) is 0 Å². The molecule has 0 radical (unpaired) electrons. The van der Waals surface area contributed by atoms with Crippen molar-refractivity contribution in [2.24, 2.45) is 5.92 Å². The van der Waals surface area contributed by atoms with Gasteiger partial charge in [-0.25, -0.2) is 0 Å². The zero-order chi connectivity index (χ0) is 11.7. The van der Waals surface area contributed by atoms with Crippen LogP contribution < -0.4 is 0 Å². The lowest BCUT2D eigenvalue weighted by Gasteiger charge is -2.12. The van der Waals surface area contributed by atoms with E-state index in [1.807, 2.05) is 13.8 Å². The van der Waals surface area contributed by atoms with E-state index in [0.717, 1.165) is 19.3 Å². The summed E-state index contributed by atoms with van der Waals surface area (Å²) in [7, 11) is 0. The summed E-state index contributed by atoms with van der Waals surface area (Å²) in [5.41, 5.74) is 0. The number of rotatable bonds is 8. The molecule has 0 aliphatic carbocycles. The van der Waals surface area contributed by atoms with Crippen molar-refractivity contribution in [3.05, 3.63) is 0 Å². The summed E-state index contributed by atoms with van der Waals surface area (Å²) >= 11 is 0. The van der Waals surface area contributed by atoms with Crippen LogP contribution in [0.2, 0.25) is 0 Å². The first-order chi connectivity index (χ1) is 7.11. The minimum atomic E-state index is -0.944. The number of carbonyl (C=O) groups is 2. The van der Waals surface area contributed by atoms with Crippen molar-refractivity contribution in [3.8, 4) is 0 Å². The Hall–Kier alpha value is -1.06. The zero-order valence-corrected chi connectivity index (χ0v) is 9.49. The molecule has 0 bridgehead atoms. The van der Waals surface area contributed by atoms with Gasteiger partial charge in [0.05, 0.1) is 18.9 Å². The van der Waals surface area contributed by atoms with Crippen molar-refractivity contribution in [2.45, 2.75) is 46.0 Å². The van der Waals surface area contributed by atoms with Crippen molar-refractivity contribution in [1.29, 1.82) is 0 Å². The summed E-state index contributed by atoms with van der Waals surface area (Å²) in [6.45, 7) is 4.33. The number of carbonyl (C=O) groups excluding carboxylic acids is 1. The third-order valence-electron chi connectivity index (χ3n) is 2.13. The number of hydrogen-bond donors (Lipinski definition) is 1. The Kier molecular flexibility index (Phi) is 7.68. The molecule has 0 aliphatic rings. The smallest absolute Gasteiger partial charge is 0.309 e. The van der Waals surface area contributed by atoms with Gasteiger partial charge in [-0.15, -0.1) is 0 Å². The van der Waals surface area contributed by atoms with Crippen LogP contribution >= 0.6 is 0 Å². The van der Waals surface area contributed by atoms with Crippen LogP contribution in [-0.2, 0) is 14.3 Å². The standard InChI is InChI=1S/C11H20O4/c1-3-5-7-15-11(14)9(6-4-2)8-10(12)13/h9H,3-8H2,1-2H3,(H,12,13). The first-order valence-electron chi connectivity index (χ1n) is 5.50. The average molecular weight is 216 g/mol. The first-order valence-corrected chi connectivity index (χ1v) is 5.50. The van der Waals surface area contributed by atoms with E-state index in [4.69, 9.17) is 9.84 Å². The van der Waals surface area contributed by atoms with Crippen molar-refractivity contribution in [2.75, 3.05) is 6.61 Å². The largest absolute Gasteiger partial charge is 0.481 e. The predicted octanol–water partition coefficient (Wildman–Crippen LogP) is 2.22. The van der Waals surface area contributed by atoms with Crippen molar-refractivity contribution < 1.29 is 19.4 Å². The Morgan fingerprint density at radius 1 is 1.27 bits per heavy atom. The van der Waals surface area contributed by atoms with Crippen molar-refractivity contribution >= 4 is 11.9 Å². The molecule has 4 nitrogen and oxygen atoms in total.